The Morgan fingerprint density at radius 2 is 2.17 bits per heavy atom. The zero-order valence-electron chi connectivity index (χ0n) is 13.0. The first-order valence-corrected chi connectivity index (χ1v) is 7.28. The van der Waals surface area contributed by atoms with E-state index >= 15 is 0 Å². The number of hydrogen-bond donors (Lipinski definition) is 1. The molecule has 0 unspecified atom stereocenters. The fourth-order valence-electron chi connectivity index (χ4n) is 2.58. The third kappa shape index (κ3) is 2.80. The predicted molar refractivity (Wildman–Crippen MR) is 87.8 cm³/mol. The van der Waals surface area contributed by atoms with Crippen molar-refractivity contribution in [2.45, 2.75) is 13.5 Å². The Labute approximate surface area is 132 Å². The number of benzene rings is 1. The van der Waals surface area contributed by atoms with E-state index in [9.17, 15) is 9.59 Å². The summed E-state index contributed by atoms with van der Waals surface area (Å²) in [5, 5.41) is 0. The number of nitrogens with zero attached hydrogens (tertiary/aromatic N) is 2. The summed E-state index contributed by atoms with van der Waals surface area (Å²) in [7, 11) is 1.65. The molecule has 118 valence electrons. The summed E-state index contributed by atoms with van der Waals surface area (Å²) in [6.07, 6.45) is 2.46. The number of pyridine rings is 1. The minimum atomic E-state index is -0.114. The summed E-state index contributed by atoms with van der Waals surface area (Å²) >= 11 is 0. The number of carbonyl (C=O) groups is 1. The van der Waals surface area contributed by atoms with E-state index < -0.39 is 0 Å². The minimum absolute atomic E-state index is 0.114. The molecule has 23 heavy (non-hydrogen) atoms. The Hall–Kier alpha value is -2.73. The smallest absolute Gasteiger partial charge is 0.250 e. The van der Waals surface area contributed by atoms with Gasteiger partial charge >= 0.3 is 0 Å². The molecule has 0 bridgehead atoms. The lowest BCUT2D eigenvalue weighted by molar-refractivity contribution is 0.112. The van der Waals surface area contributed by atoms with Crippen LogP contribution in [0.5, 0.6) is 0 Å². The molecule has 0 fully saturated rings. The van der Waals surface area contributed by atoms with Gasteiger partial charge in [-0.3, -0.25) is 9.59 Å². The van der Waals surface area contributed by atoms with E-state index in [0.29, 0.717) is 24.3 Å². The number of aldehydes is 1. The van der Waals surface area contributed by atoms with Gasteiger partial charge in [-0.05, 0) is 31.2 Å². The Morgan fingerprint density at radius 1 is 1.35 bits per heavy atom. The number of imidazole rings is 1. The molecule has 6 heteroatoms. The summed E-state index contributed by atoms with van der Waals surface area (Å²) in [4.78, 5) is 29.9. The monoisotopic (exact) mass is 311 g/mol. The third-order valence-electron chi connectivity index (χ3n) is 3.77. The molecule has 1 aromatic carbocycles. The van der Waals surface area contributed by atoms with Crippen molar-refractivity contribution in [3.63, 3.8) is 0 Å². The molecule has 0 aliphatic heterocycles. The van der Waals surface area contributed by atoms with Gasteiger partial charge in [-0.2, -0.15) is 0 Å². The molecule has 0 spiro atoms. The Bertz CT molecular complexity index is 924. The fraction of sp³-hybridized carbons (Fsp3) is 0.235. The van der Waals surface area contributed by atoms with Crippen LogP contribution in [0.15, 0.2) is 35.3 Å². The van der Waals surface area contributed by atoms with E-state index in [0.717, 1.165) is 28.7 Å². The van der Waals surface area contributed by atoms with Crippen LogP contribution in [0.25, 0.3) is 22.4 Å². The molecular weight excluding hydrogens is 294 g/mol. The normalized spacial score (nSPS) is 11.0. The van der Waals surface area contributed by atoms with E-state index in [1.165, 1.54) is 0 Å². The van der Waals surface area contributed by atoms with Crippen molar-refractivity contribution in [1.29, 1.82) is 0 Å². The molecule has 2 heterocycles. The van der Waals surface area contributed by atoms with Crippen LogP contribution < -0.4 is 5.56 Å². The Kier molecular flexibility index (Phi) is 4.08. The average molecular weight is 311 g/mol. The highest BCUT2D eigenvalue weighted by Crippen LogP contribution is 2.25. The first kappa shape index (κ1) is 15.2. The van der Waals surface area contributed by atoms with Crippen molar-refractivity contribution < 1.29 is 9.53 Å². The van der Waals surface area contributed by atoms with Crippen LogP contribution in [-0.2, 0) is 11.3 Å². The first-order valence-electron chi connectivity index (χ1n) is 7.28. The zero-order valence-corrected chi connectivity index (χ0v) is 13.0. The largest absolute Gasteiger partial charge is 0.383 e. The summed E-state index contributed by atoms with van der Waals surface area (Å²) in [6.45, 7) is 2.92. The van der Waals surface area contributed by atoms with Gasteiger partial charge in [0.2, 0.25) is 0 Å². The maximum absolute atomic E-state index is 11.6. The lowest BCUT2D eigenvalue weighted by atomic mass is 10.2. The fourth-order valence-corrected chi connectivity index (χ4v) is 2.58. The highest BCUT2D eigenvalue weighted by molar-refractivity contribution is 5.87. The van der Waals surface area contributed by atoms with Crippen LogP contribution in [0.2, 0.25) is 0 Å². The van der Waals surface area contributed by atoms with Gasteiger partial charge in [-0.1, -0.05) is 0 Å². The summed E-state index contributed by atoms with van der Waals surface area (Å²) in [6, 6.07) is 7.21. The summed E-state index contributed by atoms with van der Waals surface area (Å²) in [5.41, 5.74) is 3.58. The number of rotatable bonds is 5. The molecule has 0 saturated carbocycles. The number of hydrogen-bond acceptors (Lipinski definition) is 4. The van der Waals surface area contributed by atoms with Crippen LogP contribution >= 0.6 is 0 Å². The lowest BCUT2D eigenvalue weighted by Gasteiger charge is -2.09. The van der Waals surface area contributed by atoms with Gasteiger partial charge in [0.05, 0.1) is 17.6 Å². The second kappa shape index (κ2) is 6.18. The van der Waals surface area contributed by atoms with E-state index in [-0.39, 0.29) is 5.56 Å². The molecule has 0 amide bonds. The van der Waals surface area contributed by atoms with Crippen molar-refractivity contribution in [2.75, 3.05) is 13.7 Å². The number of ether oxygens (including phenoxy) is 1. The first-order chi connectivity index (χ1) is 11.1. The summed E-state index contributed by atoms with van der Waals surface area (Å²) in [5.74, 6) is 0.736. The highest BCUT2D eigenvalue weighted by Gasteiger charge is 2.14. The van der Waals surface area contributed by atoms with Crippen LogP contribution in [0.3, 0.4) is 0 Å². The van der Waals surface area contributed by atoms with Crippen molar-refractivity contribution in [3.05, 3.63) is 51.9 Å². The molecule has 2 aromatic heterocycles. The molecule has 6 nitrogen and oxygen atoms in total. The Balaban J connectivity index is 2.22. The van der Waals surface area contributed by atoms with E-state index in [4.69, 9.17) is 4.74 Å². The van der Waals surface area contributed by atoms with Gasteiger partial charge in [0.25, 0.3) is 5.56 Å². The van der Waals surface area contributed by atoms with Gasteiger partial charge in [0.15, 0.2) is 0 Å². The SMILES string of the molecule is COCCn1c(-c2c[nH]c(=O)c(C)c2)nc2cc(C=O)ccc21. The number of methoxy groups -OCH3 is 1. The zero-order chi connectivity index (χ0) is 16.4. The molecule has 0 saturated heterocycles. The van der Waals surface area contributed by atoms with E-state index in [1.54, 1.807) is 32.4 Å². The van der Waals surface area contributed by atoms with Crippen molar-refractivity contribution >= 4 is 17.3 Å². The van der Waals surface area contributed by atoms with Gasteiger partial charge in [0, 0.05) is 36.5 Å². The maximum atomic E-state index is 11.6. The second-order valence-corrected chi connectivity index (χ2v) is 5.35. The quantitative estimate of drug-likeness (QED) is 0.733. The summed E-state index contributed by atoms with van der Waals surface area (Å²) < 4.78 is 7.21. The molecule has 3 rings (SSSR count). The van der Waals surface area contributed by atoms with Crippen molar-refractivity contribution in [1.82, 2.24) is 14.5 Å². The van der Waals surface area contributed by atoms with Gasteiger partial charge in [-0.25, -0.2) is 4.98 Å². The number of fused-ring (bicyclic) bond motifs is 1. The van der Waals surface area contributed by atoms with Gasteiger partial charge in [0.1, 0.15) is 12.1 Å². The van der Waals surface area contributed by atoms with Crippen LogP contribution in [0.1, 0.15) is 15.9 Å². The van der Waals surface area contributed by atoms with Crippen LogP contribution in [0, 0.1) is 6.92 Å². The van der Waals surface area contributed by atoms with Gasteiger partial charge in [-0.15, -0.1) is 0 Å². The van der Waals surface area contributed by atoms with Gasteiger partial charge < -0.3 is 14.3 Å². The number of H-pyrrole nitrogens is 1. The number of aromatic nitrogens is 3. The molecule has 0 aliphatic rings. The molecule has 3 aromatic rings. The molecule has 0 atom stereocenters. The molecule has 0 aliphatic carbocycles. The van der Waals surface area contributed by atoms with E-state index in [1.807, 2.05) is 16.7 Å². The number of nitrogens with one attached hydrogen (secondary N) is 1. The number of carbonyl (C=O) groups excluding carboxylic acids is 1. The third-order valence-corrected chi connectivity index (χ3v) is 3.77. The molecule has 0 radical (unpaired) electrons. The lowest BCUT2D eigenvalue weighted by Crippen LogP contribution is -2.10. The number of aromatic amines is 1. The predicted octanol–water partition coefficient (Wildman–Crippen LogP) is 2.16. The van der Waals surface area contributed by atoms with Crippen molar-refractivity contribution in [2.24, 2.45) is 0 Å². The maximum Gasteiger partial charge on any atom is 0.250 e. The van der Waals surface area contributed by atoms with Crippen LogP contribution in [0.4, 0.5) is 0 Å². The molecule has 1 N–H and O–H groups in total. The van der Waals surface area contributed by atoms with Crippen molar-refractivity contribution in [3.8, 4) is 11.4 Å². The van der Waals surface area contributed by atoms with E-state index in [2.05, 4.69) is 9.97 Å². The topological polar surface area (TPSA) is 77.0 Å². The Morgan fingerprint density at radius 3 is 2.87 bits per heavy atom. The molecular formula is C17H17N3O3. The standard InChI is InChI=1S/C17H17N3O3/c1-11-7-13(9-18-17(11)22)16-19-14-8-12(10-21)3-4-15(14)20(16)5-6-23-2/h3-4,7-10H,5-6H2,1-2H3,(H,18,22). The average Bonchev–Trinajstić information content (AvgIpc) is 2.93. The second-order valence-electron chi connectivity index (χ2n) is 5.35. The highest BCUT2D eigenvalue weighted by atomic mass is 16.5. The minimum Gasteiger partial charge on any atom is -0.383 e. The number of aryl methyl sites for hydroxylation is 1. The van der Waals surface area contributed by atoms with Crippen LogP contribution in [-0.4, -0.2) is 34.5 Å².